The monoisotopic (exact) mass is 244 g/mol. The fourth-order valence-electron chi connectivity index (χ4n) is 2.39. The number of carbonyl (C=O) groups excluding carboxylic acids is 1. The van der Waals surface area contributed by atoms with E-state index in [9.17, 15) is 4.79 Å². The number of hydrogen-bond donors (Lipinski definition) is 2. The van der Waals surface area contributed by atoms with E-state index in [1.54, 1.807) is 0 Å². The van der Waals surface area contributed by atoms with Crippen LogP contribution in [0.1, 0.15) is 23.2 Å². The Balaban J connectivity index is 1.79. The van der Waals surface area contributed by atoms with Crippen LogP contribution in [0.15, 0.2) is 34.9 Å². The number of fused-ring (bicyclic) bond motifs is 1. The summed E-state index contributed by atoms with van der Waals surface area (Å²) in [6, 6.07) is 7.82. The second-order valence-electron chi connectivity index (χ2n) is 4.66. The van der Waals surface area contributed by atoms with Crippen molar-refractivity contribution in [2.45, 2.75) is 18.9 Å². The van der Waals surface area contributed by atoms with E-state index in [2.05, 4.69) is 10.6 Å². The molecular weight excluding hydrogens is 228 g/mol. The summed E-state index contributed by atoms with van der Waals surface area (Å²) >= 11 is 0. The summed E-state index contributed by atoms with van der Waals surface area (Å²) in [5.41, 5.74) is 1.38. The molecule has 4 heteroatoms. The van der Waals surface area contributed by atoms with Crippen LogP contribution in [0.5, 0.6) is 0 Å². The Bertz CT molecular complexity index is 556. The van der Waals surface area contributed by atoms with Crippen LogP contribution in [0.25, 0.3) is 11.0 Å². The first-order valence-corrected chi connectivity index (χ1v) is 6.32. The summed E-state index contributed by atoms with van der Waals surface area (Å²) < 4.78 is 5.38. The molecule has 0 saturated carbocycles. The van der Waals surface area contributed by atoms with E-state index in [0.717, 1.165) is 36.9 Å². The van der Waals surface area contributed by atoms with Crippen LogP contribution in [0.4, 0.5) is 0 Å². The number of rotatable bonds is 2. The number of furan rings is 1. The SMILES string of the molecule is O=C(N[C@@H]1CCCNC1)c1coc2ccccc12. The Morgan fingerprint density at radius 2 is 2.28 bits per heavy atom. The molecule has 1 aromatic heterocycles. The van der Waals surface area contributed by atoms with E-state index < -0.39 is 0 Å². The number of carbonyl (C=O) groups is 1. The third-order valence-electron chi connectivity index (χ3n) is 3.36. The lowest BCUT2D eigenvalue weighted by Gasteiger charge is -2.23. The number of nitrogens with one attached hydrogen (secondary N) is 2. The van der Waals surface area contributed by atoms with Gasteiger partial charge in [0.25, 0.3) is 5.91 Å². The predicted molar refractivity (Wildman–Crippen MR) is 69.6 cm³/mol. The molecule has 2 N–H and O–H groups in total. The summed E-state index contributed by atoms with van der Waals surface area (Å²) in [4.78, 5) is 12.2. The highest BCUT2D eigenvalue weighted by molar-refractivity contribution is 6.05. The van der Waals surface area contributed by atoms with Crippen LogP contribution >= 0.6 is 0 Å². The van der Waals surface area contributed by atoms with E-state index >= 15 is 0 Å². The maximum atomic E-state index is 12.2. The molecule has 1 amide bonds. The lowest BCUT2D eigenvalue weighted by atomic mass is 10.1. The number of hydrogen-bond acceptors (Lipinski definition) is 3. The molecule has 1 aliphatic heterocycles. The van der Waals surface area contributed by atoms with Gasteiger partial charge < -0.3 is 15.1 Å². The summed E-state index contributed by atoms with van der Waals surface area (Å²) in [7, 11) is 0. The van der Waals surface area contributed by atoms with Gasteiger partial charge in [-0.05, 0) is 25.5 Å². The number of para-hydroxylation sites is 1. The quantitative estimate of drug-likeness (QED) is 0.848. The molecule has 1 saturated heterocycles. The molecule has 0 aliphatic carbocycles. The fourth-order valence-corrected chi connectivity index (χ4v) is 2.39. The molecule has 2 aromatic rings. The molecule has 1 fully saturated rings. The first-order valence-electron chi connectivity index (χ1n) is 6.32. The zero-order valence-electron chi connectivity index (χ0n) is 10.1. The Hall–Kier alpha value is -1.81. The van der Waals surface area contributed by atoms with Crippen LogP contribution in [0, 0.1) is 0 Å². The van der Waals surface area contributed by atoms with Crippen LogP contribution in [-0.4, -0.2) is 25.0 Å². The normalized spacial score (nSPS) is 19.9. The molecule has 94 valence electrons. The van der Waals surface area contributed by atoms with Crippen LogP contribution < -0.4 is 10.6 Å². The number of benzene rings is 1. The van der Waals surface area contributed by atoms with Gasteiger partial charge in [-0.15, -0.1) is 0 Å². The molecule has 18 heavy (non-hydrogen) atoms. The minimum Gasteiger partial charge on any atom is -0.463 e. The van der Waals surface area contributed by atoms with Crippen LogP contribution in [0.3, 0.4) is 0 Å². The van der Waals surface area contributed by atoms with Crippen molar-refractivity contribution < 1.29 is 9.21 Å². The van der Waals surface area contributed by atoms with Crippen molar-refractivity contribution >= 4 is 16.9 Å². The topological polar surface area (TPSA) is 54.3 Å². The zero-order chi connectivity index (χ0) is 12.4. The predicted octanol–water partition coefficient (Wildman–Crippen LogP) is 1.91. The van der Waals surface area contributed by atoms with Gasteiger partial charge in [-0.2, -0.15) is 0 Å². The molecule has 4 nitrogen and oxygen atoms in total. The van der Waals surface area contributed by atoms with Gasteiger partial charge in [-0.25, -0.2) is 0 Å². The van der Waals surface area contributed by atoms with Crippen molar-refractivity contribution in [1.29, 1.82) is 0 Å². The lowest BCUT2D eigenvalue weighted by molar-refractivity contribution is 0.0931. The largest absolute Gasteiger partial charge is 0.463 e. The van der Waals surface area contributed by atoms with Gasteiger partial charge in [-0.3, -0.25) is 4.79 Å². The molecule has 1 aromatic carbocycles. The van der Waals surface area contributed by atoms with E-state index in [0.29, 0.717) is 5.56 Å². The summed E-state index contributed by atoms with van der Waals surface area (Å²) in [5.74, 6) is -0.0475. The fraction of sp³-hybridized carbons (Fsp3) is 0.357. The van der Waals surface area contributed by atoms with Gasteiger partial charge in [0.05, 0.1) is 5.56 Å². The molecule has 1 atom stereocenters. The van der Waals surface area contributed by atoms with E-state index in [1.807, 2.05) is 24.3 Å². The van der Waals surface area contributed by atoms with Crippen LogP contribution in [0.2, 0.25) is 0 Å². The van der Waals surface area contributed by atoms with E-state index in [1.165, 1.54) is 6.26 Å². The molecule has 0 bridgehead atoms. The Morgan fingerprint density at radius 3 is 3.11 bits per heavy atom. The molecule has 1 aliphatic rings. The van der Waals surface area contributed by atoms with Gasteiger partial charge >= 0.3 is 0 Å². The maximum Gasteiger partial charge on any atom is 0.255 e. The van der Waals surface area contributed by atoms with Crippen molar-refractivity contribution in [3.63, 3.8) is 0 Å². The average molecular weight is 244 g/mol. The highest BCUT2D eigenvalue weighted by Crippen LogP contribution is 2.20. The summed E-state index contributed by atoms with van der Waals surface area (Å²) in [6.07, 6.45) is 3.68. The van der Waals surface area contributed by atoms with Gasteiger partial charge in [0.15, 0.2) is 0 Å². The highest BCUT2D eigenvalue weighted by atomic mass is 16.3. The smallest absolute Gasteiger partial charge is 0.255 e. The minimum absolute atomic E-state index is 0.0475. The third kappa shape index (κ3) is 2.11. The van der Waals surface area contributed by atoms with E-state index in [4.69, 9.17) is 4.42 Å². The van der Waals surface area contributed by atoms with Crippen molar-refractivity contribution in [1.82, 2.24) is 10.6 Å². The second-order valence-corrected chi connectivity index (χ2v) is 4.66. The number of amides is 1. The van der Waals surface area contributed by atoms with E-state index in [-0.39, 0.29) is 11.9 Å². The van der Waals surface area contributed by atoms with Gasteiger partial charge in [0.1, 0.15) is 11.8 Å². The van der Waals surface area contributed by atoms with Crippen LogP contribution in [-0.2, 0) is 0 Å². The standard InChI is InChI=1S/C14H16N2O2/c17-14(16-10-4-3-7-15-8-10)12-9-18-13-6-2-1-5-11(12)13/h1-2,5-6,9-10,15H,3-4,7-8H2,(H,16,17)/t10-/m1/s1. The van der Waals surface area contributed by atoms with Gasteiger partial charge in [0.2, 0.25) is 0 Å². The third-order valence-corrected chi connectivity index (χ3v) is 3.36. The zero-order valence-corrected chi connectivity index (χ0v) is 10.1. The molecule has 3 rings (SSSR count). The van der Waals surface area contributed by atoms with Crippen molar-refractivity contribution in [3.05, 3.63) is 36.1 Å². The Morgan fingerprint density at radius 1 is 1.39 bits per heavy atom. The van der Waals surface area contributed by atoms with Crippen molar-refractivity contribution in [2.75, 3.05) is 13.1 Å². The lowest BCUT2D eigenvalue weighted by Crippen LogP contribution is -2.45. The van der Waals surface area contributed by atoms with Crippen molar-refractivity contribution in [2.24, 2.45) is 0 Å². The molecule has 0 spiro atoms. The minimum atomic E-state index is -0.0475. The number of piperidine rings is 1. The van der Waals surface area contributed by atoms with Gasteiger partial charge in [0, 0.05) is 18.0 Å². The molecular formula is C14H16N2O2. The first-order chi connectivity index (χ1) is 8.84. The molecule has 2 heterocycles. The highest BCUT2D eigenvalue weighted by Gasteiger charge is 2.19. The maximum absolute atomic E-state index is 12.2. The molecule has 0 radical (unpaired) electrons. The molecule has 0 unspecified atom stereocenters. The second kappa shape index (κ2) is 4.82. The first kappa shape index (κ1) is 11.3. The average Bonchev–Trinajstić information content (AvgIpc) is 2.84. The van der Waals surface area contributed by atoms with Gasteiger partial charge in [-0.1, -0.05) is 18.2 Å². The summed E-state index contributed by atoms with van der Waals surface area (Å²) in [5, 5.41) is 7.21. The Kier molecular flexibility index (Phi) is 3.02. The Labute approximate surface area is 105 Å². The summed E-state index contributed by atoms with van der Waals surface area (Å²) in [6.45, 7) is 1.89. The van der Waals surface area contributed by atoms with Crippen molar-refractivity contribution in [3.8, 4) is 0 Å².